The SMILES string of the molecule is CCCC1CCC(SNCC(O)CC(C)C(=O)NC2C(O)CC3CCCCC32)CC1. The number of fused-ring (bicyclic) bond motifs is 1. The largest absolute Gasteiger partial charge is 0.392 e. The van der Waals surface area contributed by atoms with E-state index in [1.165, 1.54) is 57.8 Å². The van der Waals surface area contributed by atoms with Crippen LogP contribution in [0.5, 0.6) is 0 Å². The predicted molar refractivity (Wildman–Crippen MR) is 124 cm³/mol. The number of rotatable bonds is 10. The zero-order valence-electron chi connectivity index (χ0n) is 19.0. The molecule has 0 aliphatic heterocycles. The minimum Gasteiger partial charge on any atom is -0.392 e. The standard InChI is InChI=1S/C24H44N2O3S/c1-3-6-17-9-11-20(12-10-17)30-25-15-19(27)13-16(2)24(29)26-23-21-8-5-4-7-18(21)14-22(23)28/h16-23,25,27-28H,3-15H2,1-2H3,(H,26,29). The molecule has 0 bridgehead atoms. The van der Waals surface area contributed by atoms with Crippen LogP contribution in [0.3, 0.4) is 0 Å². The number of nitrogens with one attached hydrogen (secondary N) is 2. The molecular formula is C24H44N2O3S. The summed E-state index contributed by atoms with van der Waals surface area (Å²) in [5, 5.41) is 24.6. The molecule has 1 amide bonds. The zero-order chi connectivity index (χ0) is 21.5. The lowest BCUT2D eigenvalue weighted by Crippen LogP contribution is -2.47. The fraction of sp³-hybridized carbons (Fsp3) is 0.958. The van der Waals surface area contributed by atoms with Gasteiger partial charge in [-0.2, -0.15) is 0 Å². The maximum atomic E-state index is 12.7. The molecule has 0 heterocycles. The third-order valence-corrected chi connectivity index (χ3v) is 8.97. The van der Waals surface area contributed by atoms with Gasteiger partial charge in [0.15, 0.2) is 0 Å². The third-order valence-electron chi connectivity index (χ3n) is 7.83. The second-order valence-electron chi connectivity index (χ2n) is 10.2. The molecule has 30 heavy (non-hydrogen) atoms. The first kappa shape index (κ1) is 24.3. The highest BCUT2D eigenvalue weighted by atomic mass is 32.2. The molecule has 3 aliphatic rings. The second kappa shape index (κ2) is 12.1. The van der Waals surface area contributed by atoms with Gasteiger partial charge in [0, 0.05) is 17.7 Å². The molecule has 3 fully saturated rings. The summed E-state index contributed by atoms with van der Waals surface area (Å²) in [7, 11) is 0. The van der Waals surface area contributed by atoms with Crippen LogP contribution in [-0.2, 0) is 4.79 Å². The molecule has 6 atom stereocenters. The van der Waals surface area contributed by atoms with Gasteiger partial charge in [-0.15, -0.1) is 0 Å². The minimum atomic E-state index is -0.523. The predicted octanol–water partition coefficient (Wildman–Crippen LogP) is 4.03. The maximum Gasteiger partial charge on any atom is 0.223 e. The first-order chi connectivity index (χ1) is 14.5. The summed E-state index contributed by atoms with van der Waals surface area (Å²) in [6.45, 7) is 4.68. The zero-order valence-corrected chi connectivity index (χ0v) is 19.8. The van der Waals surface area contributed by atoms with Crippen LogP contribution in [-0.4, -0.2) is 46.2 Å². The van der Waals surface area contributed by atoms with Crippen molar-refractivity contribution in [2.45, 2.75) is 114 Å². The van der Waals surface area contributed by atoms with E-state index in [4.69, 9.17) is 0 Å². The van der Waals surface area contributed by atoms with E-state index < -0.39 is 12.2 Å². The molecule has 3 saturated carbocycles. The highest BCUT2D eigenvalue weighted by Crippen LogP contribution is 2.42. The molecule has 0 radical (unpaired) electrons. The normalized spacial score (nSPS) is 36.1. The Bertz CT molecular complexity index is 527. The first-order valence-corrected chi connectivity index (χ1v) is 13.4. The molecular weight excluding hydrogens is 396 g/mol. The van der Waals surface area contributed by atoms with Crippen LogP contribution in [0, 0.1) is 23.7 Å². The van der Waals surface area contributed by atoms with Crippen molar-refractivity contribution in [2.24, 2.45) is 23.7 Å². The lowest BCUT2D eigenvalue weighted by atomic mass is 9.80. The molecule has 6 heteroatoms. The Labute approximate surface area is 187 Å². The van der Waals surface area contributed by atoms with E-state index in [-0.39, 0.29) is 17.9 Å². The van der Waals surface area contributed by atoms with Crippen LogP contribution in [0.4, 0.5) is 0 Å². The summed E-state index contributed by atoms with van der Waals surface area (Å²) >= 11 is 1.78. The molecule has 0 saturated heterocycles. The van der Waals surface area contributed by atoms with Crippen LogP contribution < -0.4 is 10.0 Å². The van der Waals surface area contributed by atoms with Crippen LogP contribution >= 0.6 is 11.9 Å². The molecule has 6 unspecified atom stereocenters. The van der Waals surface area contributed by atoms with Crippen molar-refractivity contribution in [3.63, 3.8) is 0 Å². The lowest BCUT2D eigenvalue weighted by molar-refractivity contribution is -0.127. The Morgan fingerprint density at radius 1 is 1.13 bits per heavy atom. The third kappa shape index (κ3) is 6.85. The van der Waals surface area contributed by atoms with E-state index in [2.05, 4.69) is 17.0 Å². The van der Waals surface area contributed by atoms with Gasteiger partial charge in [-0.3, -0.25) is 9.52 Å². The van der Waals surface area contributed by atoms with Crippen molar-refractivity contribution >= 4 is 17.9 Å². The van der Waals surface area contributed by atoms with Gasteiger partial charge in [0.1, 0.15) is 0 Å². The van der Waals surface area contributed by atoms with Crippen LogP contribution in [0.15, 0.2) is 0 Å². The number of carbonyl (C=O) groups excluding carboxylic acids is 1. The number of hydrogen-bond acceptors (Lipinski definition) is 5. The molecule has 0 aromatic carbocycles. The molecule has 0 aromatic rings. The quantitative estimate of drug-likeness (QED) is 0.386. The van der Waals surface area contributed by atoms with Gasteiger partial charge in [-0.05, 0) is 62.7 Å². The van der Waals surface area contributed by atoms with Crippen molar-refractivity contribution in [2.75, 3.05) is 6.54 Å². The number of aliphatic hydroxyl groups excluding tert-OH is 2. The highest BCUT2D eigenvalue weighted by molar-refractivity contribution is 7.98. The molecule has 3 aliphatic carbocycles. The van der Waals surface area contributed by atoms with Crippen molar-refractivity contribution in [3.8, 4) is 0 Å². The lowest BCUT2D eigenvalue weighted by Gasteiger charge is -2.30. The van der Waals surface area contributed by atoms with E-state index in [1.54, 1.807) is 11.9 Å². The Morgan fingerprint density at radius 2 is 1.87 bits per heavy atom. The van der Waals surface area contributed by atoms with Crippen molar-refractivity contribution in [1.29, 1.82) is 0 Å². The van der Waals surface area contributed by atoms with Gasteiger partial charge < -0.3 is 15.5 Å². The van der Waals surface area contributed by atoms with E-state index >= 15 is 0 Å². The van der Waals surface area contributed by atoms with Gasteiger partial charge in [0.25, 0.3) is 0 Å². The Morgan fingerprint density at radius 3 is 2.60 bits per heavy atom. The van der Waals surface area contributed by atoms with Gasteiger partial charge in [-0.25, -0.2) is 0 Å². The molecule has 4 N–H and O–H groups in total. The first-order valence-electron chi connectivity index (χ1n) is 12.5. The summed E-state index contributed by atoms with van der Waals surface area (Å²) in [5.74, 6) is 1.65. The fourth-order valence-corrected chi connectivity index (χ4v) is 7.09. The summed E-state index contributed by atoms with van der Waals surface area (Å²) < 4.78 is 3.36. The molecule has 3 rings (SSSR count). The van der Waals surface area contributed by atoms with Gasteiger partial charge in [-0.1, -0.05) is 57.9 Å². The fourth-order valence-electron chi connectivity index (χ4n) is 6.06. The number of carbonyl (C=O) groups is 1. The van der Waals surface area contributed by atoms with E-state index in [0.29, 0.717) is 30.1 Å². The highest BCUT2D eigenvalue weighted by Gasteiger charge is 2.44. The maximum absolute atomic E-state index is 12.7. The van der Waals surface area contributed by atoms with Gasteiger partial charge in [0.2, 0.25) is 5.91 Å². The Hall–Kier alpha value is -0.300. The summed E-state index contributed by atoms with van der Waals surface area (Å²) in [6, 6.07) is -0.0982. The van der Waals surface area contributed by atoms with Crippen LogP contribution in [0.25, 0.3) is 0 Å². The molecule has 5 nitrogen and oxygen atoms in total. The Balaban J connectivity index is 1.32. The topological polar surface area (TPSA) is 81.6 Å². The molecule has 174 valence electrons. The summed E-state index contributed by atoms with van der Waals surface area (Å²) in [6.07, 6.45) is 13.0. The molecule has 0 aromatic heterocycles. The second-order valence-corrected chi connectivity index (χ2v) is 11.4. The van der Waals surface area contributed by atoms with E-state index in [9.17, 15) is 15.0 Å². The van der Waals surface area contributed by atoms with E-state index in [0.717, 1.165) is 18.8 Å². The van der Waals surface area contributed by atoms with Crippen LogP contribution in [0.1, 0.15) is 90.9 Å². The van der Waals surface area contributed by atoms with Gasteiger partial charge >= 0.3 is 0 Å². The smallest absolute Gasteiger partial charge is 0.223 e. The number of aliphatic hydroxyl groups is 2. The summed E-state index contributed by atoms with van der Waals surface area (Å²) in [4.78, 5) is 12.7. The average Bonchev–Trinajstić information content (AvgIpc) is 3.04. The number of hydrogen-bond donors (Lipinski definition) is 4. The average molecular weight is 441 g/mol. The Kier molecular flexibility index (Phi) is 9.80. The monoisotopic (exact) mass is 440 g/mol. The van der Waals surface area contributed by atoms with Crippen molar-refractivity contribution < 1.29 is 15.0 Å². The van der Waals surface area contributed by atoms with Crippen molar-refractivity contribution in [1.82, 2.24) is 10.0 Å². The van der Waals surface area contributed by atoms with Crippen LogP contribution in [0.2, 0.25) is 0 Å². The molecule has 0 spiro atoms. The van der Waals surface area contributed by atoms with Gasteiger partial charge in [0.05, 0.1) is 18.2 Å². The number of amides is 1. The van der Waals surface area contributed by atoms with E-state index in [1.807, 2.05) is 6.92 Å². The minimum absolute atomic E-state index is 0.0220. The van der Waals surface area contributed by atoms with Crippen molar-refractivity contribution in [3.05, 3.63) is 0 Å². The summed E-state index contributed by atoms with van der Waals surface area (Å²) in [5.41, 5.74) is 0.